The van der Waals surface area contributed by atoms with Crippen LogP contribution in [-0.2, 0) is 14.1 Å². The number of nitrogens with zero attached hydrogens (tertiary/aromatic N) is 1. The summed E-state index contributed by atoms with van der Waals surface area (Å²) in [5.41, 5.74) is -0.138. The molecule has 10 heteroatoms. The topological polar surface area (TPSA) is 117 Å². The molecule has 3 rings (SSSR count). The van der Waals surface area contributed by atoms with E-state index in [0.717, 1.165) is 12.8 Å². The number of nitro benzene ring substituents is 1. The summed E-state index contributed by atoms with van der Waals surface area (Å²) in [5.74, 6) is 0.181. The Morgan fingerprint density at radius 3 is 2.28 bits per heavy atom. The number of carbonyl (C=O) groups is 1. The van der Waals surface area contributed by atoms with Gasteiger partial charge in [0, 0.05) is 12.1 Å². The molecular formula is C19H21N2O7P. The number of ether oxygens (including phenoxy) is 1. The molecule has 2 aromatic rings. The Bertz CT molecular complexity index is 901. The molecule has 29 heavy (non-hydrogen) atoms. The van der Waals surface area contributed by atoms with Gasteiger partial charge in [-0.05, 0) is 49.9 Å². The number of para-hydroxylation sites is 1. The fraction of sp³-hybridized carbons (Fsp3) is 0.316. The molecule has 1 aliphatic rings. The van der Waals surface area contributed by atoms with E-state index in [1.54, 1.807) is 30.3 Å². The molecule has 2 atom stereocenters. The maximum Gasteiger partial charge on any atom is 0.513 e. The maximum absolute atomic E-state index is 13.3. The third-order valence-electron chi connectivity index (χ3n) is 4.11. The zero-order valence-corrected chi connectivity index (χ0v) is 16.6. The Hall–Kier alpha value is -2.90. The largest absolute Gasteiger partial charge is 0.513 e. The van der Waals surface area contributed by atoms with Crippen LogP contribution < -0.4 is 14.1 Å². The van der Waals surface area contributed by atoms with Crippen LogP contribution in [0.3, 0.4) is 0 Å². The van der Waals surface area contributed by atoms with E-state index in [4.69, 9.17) is 13.8 Å². The average Bonchev–Trinajstić information content (AvgIpc) is 3.51. The van der Waals surface area contributed by atoms with Crippen LogP contribution >= 0.6 is 7.75 Å². The second-order valence-electron chi connectivity index (χ2n) is 6.67. The van der Waals surface area contributed by atoms with Gasteiger partial charge >= 0.3 is 13.7 Å². The summed E-state index contributed by atoms with van der Waals surface area (Å²) in [7, 11) is -4.06. The van der Waals surface area contributed by atoms with E-state index in [1.165, 1.54) is 31.2 Å². The van der Waals surface area contributed by atoms with E-state index in [-0.39, 0.29) is 17.2 Å². The zero-order chi connectivity index (χ0) is 20.9. The first-order valence-electron chi connectivity index (χ1n) is 9.08. The van der Waals surface area contributed by atoms with Crippen LogP contribution in [0, 0.1) is 16.0 Å². The van der Waals surface area contributed by atoms with Crippen LogP contribution in [0.1, 0.15) is 19.8 Å². The molecule has 0 aliphatic heterocycles. The molecule has 2 unspecified atom stereocenters. The Morgan fingerprint density at radius 1 is 1.14 bits per heavy atom. The number of rotatable bonds is 10. The van der Waals surface area contributed by atoms with Crippen molar-refractivity contribution in [1.82, 2.24) is 5.09 Å². The minimum absolute atomic E-state index is 0.0842. The molecule has 0 heterocycles. The Morgan fingerprint density at radius 2 is 1.72 bits per heavy atom. The number of nitro groups is 1. The third kappa shape index (κ3) is 6.30. The van der Waals surface area contributed by atoms with E-state index in [9.17, 15) is 19.5 Å². The number of carbonyl (C=O) groups excluding carboxylic acids is 1. The molecule has 0 saturated heterocycles. The second-order valence-corrected chi connectivity index (χ2v) is 8.29. The summed E-state index contributed by atoms with van der Waals surface area (Å²) in [6.45, 7) is 1.83. The van der Waals surface area contributed by atoms with E-state index in [0.29, 0.717) is 12.5 Å². The monoisotopic (exact) mass is 420 g/mol. The molecule has 0 spiro atoms. The van der Waals surface area contributed by atoms with Crippen molar-refractivity contribution in [2.24, 2.45) is 5.92 Å². The molecule has 0 radical (unpaired) electrons. The highest BCUT2D eigenvalue weighted by Crippen LogP contribution is 2.45. The zero-order valence-electron chi connectivity index (χ0n) is 15.7. The maximum atomic E-state index is 13.3. The molecule has 154 valence electrons. The van der Waals surface area contributed by atoms with Gasteiger partial charge in [0.05, 0.1) is 11.5 Å². The normalized spacial score (nSPS) is 16.3. The lowest BCUT2D eigenvalue weighted by molar-refractivity contribution is -0.384. The Kier molecular flexibility index (Phi) is 6.51. The highest BCUT2D eigenvalue weighted by Gasteiger charge is 2.34. The summed E-state index contributed by atoms with van der Waals surface area (Å²) >= 11 is 0. The lowest BCUT2D eigenvalue weighted by Crippen LogP contribution is -2.36. The first-order valence-corrected chi connectivity index (χ1v) is 10.6. The highest BCUT2D eigenvalue weighted by atomic mass is 31.2. The van der Waals surface area contributed by atoms with Gasteiger partial charge in [-0.1, -0.05) is 18.2 Å². The molecule has 0 amide bonds. The van der Waals surface area contributed by atoms with E-state index in [1.807, 2.05) is 0 Å². The van der Waals surface area contributed by atoms with Crippen molar-refractivity contribution in [2.45, 2.75) is 25.8 Å². The molecule has 1 aliphatic carbocycles. The van der Waals surface area contributed by atoms with E-state index < -0.39 is 24.7 Å². The summed E-state index contributed by atoms with van der Waals surface area (Å²) in [4.78, 5) is 22.4. The Balaban J connectivity index is 1.73. The predicted molar refractivity (Wildman–Crippen MR) is 105 cm³/mol. The smallest absolute Gasteiger partial charge is 0.464 e. The van der Waals surface area contributed by atoms with E-state index >= 15 is 0 Å². The fourth-order valence-corrected chi connectivity index (χ4v) is 3.88. The number of esters is 1. The first-order chi connectivity index (χ1) is 13.8. The van der Waals surface area contributed by atoms with Crippen LogP contribution in [0.5, 0.6) is 11.5 Å². The number of hydrogen-bond acceptors (Lipinski definition) is 7. The van der Waals surface area contributed by atoms with Gasteiger partial charge < -0.3 is 13.8 Å². The minimum Gasteiger partial charge on any atom is -0.464 e. The summed E-state index contributed by atoms with van der Waals surface area (Å²) in [5, 5.41) is 13.4. The second kappa shape index (κ2) is 9.07. The molecule has 0 aromatic heterocycles. The van der Waals surface area contributed by atoms with Crippen LogP contribution in [0.25, 0.3) is 0 Å². The SMILES string of the molecule is CC(NP(=O)(Oc1ccccc1)Oc1ccc([N+](=O)[O-])cc1)C(=O)OCC1CC1. The first kappa shape index (κ1) is 20.8. The van der Waals surface area contributed by atoms with Crippen LogP contribution in [0.15, 0.2) is 54.6 Å². The van der Waals surface area contributed by atoms with Gasteiger partial charge in [-0.15, -0.1) is 0 Å². The van der Waals surface area contributed by atoms with Crippen molar-refractivity contribution >= 4 is 19.4 Å². The third-order valence-corrected chi connectivity index (χ3v) is 5.71. The fourth-order valence-electron chi connectivity index (χ4n) is 2.36. The van der Waals surface area contributed by atoms with Crippen molar-refractivity contribution in [1.29, 1.82) is 0 Å². The molecule has 2 aromatic carbocycles. The summed E-state index contributed by atoms with van der Waals surface area (Å²) in [6.07, 6.45) is 2.07. The quantitative estimate of drug-likeness (QED) is 0.264. The van der Waals surface area contributed by atoms with Gasteiger partial charge in [0.1, 0.15) is 17.5 Å². The van der Waals surface area contributed by atoms with Gasteiger partial charge in [0.25, 0.3) is 5.69 Å². The Labute approximate surface area is 167 Å². The standard InChI is InChI=1S/C19H21N2O7P/c1-14(19(22)26-13-15-7-8-15)20-29(25,27-17-5-3-2-4-6-17)28-18-11-9-16(10-12-18)21(23)24/h2-6,9-12,14-15H,7-8,13H2,1H3,(H,20,25). The molecule has 9 nitrogen and oxygen atoms in total. The minimum atomic E-state index is -4.06. The lowest BCUT2D eigenvalue weighted by Gasteiger charge is -2.23. The number of benzene rings is 2. The van der Waals surface area contributed by atoms with Crippen LogP contribution in [-0.4, -0.2) is 23.5 Å². The number of hydrogen-bond donors (Lipinski definition) is 1. The van der Waals surface area contributed by atoms with Crippen molar-refractivity contribution in [3.05, 3.63) is 64.7 Å². The van der Waals surface area contributed by atoms with Gasteiger partial charge in [-0.3, -0.25) is 14.9 Å². The number of nitrogens with one attached hydrogen (secondary N) is 1. The highest BCUT2D eigenvalue weighted by molar-refractivity contribution is 7.52. The predicted octanol–water partition coefficient (Wildman–Crippen LogP) is 4.09. The summed E-state index contributed by atoms with van der Waals surface area (Å²) < 4.78 is 29.6. The lowest BCUT2D eigenvalue weighted by atomic mass is 10.3. The van der Waals surface area contributed by atoms with Crippen molar-refractivity contribution < 1.29 is 28.1 Å². The van der Waals surface area contributed by atoms with Crippen LogP contribution in [0.2, 0.25) is 0 Å². The average molecular weight is 420 g/mol. The molecule has 0 bridgehead atoms. The van der Waals surface area contributed by atoms with Crippen LogP contribution in [0.4, 0.5) is 5.69 Å². The van der Waals surface area contributed by atoms with Crippen molar-refractivity contribution in [3.8, 4) is 11.5 Å². The van der Waals surface area contributed by atoms with Gasteiger partial charge in [0.15, 0.2) is 0 Å². The molecule has 1 fully saturated rings. The molecule has 1 saturated carbocycles. The number of non-ortho nitro benzene ring substituents is 1. The van der Waals surface area contributed by atoms with Gasteiger partial charge in [-0.2, -0.15) is 5.09 Å². The van der Waals surface area contributed by atoms with Crippen molar-refractivity contribution in [2.75, 3.05) is 6.61 Å². The van der Waals surface area contributed by atoms with Gasteiger partial charge in [0.2, 0.25) is 0 Å². The van der Waals surface area contributed by atoms with Crippen molar-refractivity contribution in [3.63, 3.8) is 0 Å². The molecule has 1 N–H and O–H groups in total. The molecular weight excluding hydrogens is 399 g/mol. The van der Waals surface area contributed by atoms with Gasteiger partial charge in [-0.25, -0.2) is 4.57 Å². The summed E-state index contributed by atoms with van der Waals surface area (Å²) in [6, 6.07) is 12.4. The van der Waals surface area contributed by atoms with E-state index in [2.05, 4.69) is 5.09 Å².